The zero-order valence-corrected chi connectivity index (χ0v) is 12.3. The summed E-state index contributed by atoms with van der Waals surface area (Å²) in [7, 11) is -1.30. The first-order chi connectivity index (χ1) is 10.7. The van der Waals surface area contributed by atoms with Gasteiger partial charge in [0.1, 0.15) is 6.04 Å². The van der Waals surface area contributed by atoms with Crippen LogP contribution in [0, 0.1) is 5.92 Å². The Kier molecular flexibility index (Phi) is 2.22. The van der Waals surface area contributed by atoms with E-state index in [-0.39, 0.29) is 29.9 Å². The molecule has 5 nitrogen and oxygen atoms in total. The first-order valence-electron chi connectivity index (χ1n) is 7.23. The van der Waals surface area contributed by atoms with Crippen LogP contribution in [-0.2, 0) is 15.6 Å². The summed E-state index contributed by atoms with van der Waals surface area (Å²) in [6.45, 7) is 0. The Labute approximate surface area is 129 Å². The van der Waals surface area contributed by atoms with E-state index in [4.69, 9.17) is 0 Å². The molecule has 3 aliphatic heterocycles. The Bertz CT molecular complexity index is 798. The molecule has 1 aliphatic carbocycles. The lowest BCUT2D eigenvalue weighted by Gasteiger charge is -2.22. The fraction of sp³-hybridized carbons (Fsp3) is 0.250. The maximum atomic E-state index is 12.8. The van der Waals surface area contributed by atoms with Gasteiger partial charge < -0.3 is 4.90 Å². The average Bonchev–Trinajstić information content (AvgIpc) is 3.25. The van der Waals surface area contributed by atoms with Crippen LogP contribution >= 0.6 is 0 Å². The minimum absolute atomic E-state index is 0.0270. The van der Waals surface area contributed by atoms with Gasteiger partial charge in [0.15, 0.2) is 0 Å². The smallest absolute Gasteiger partial charge is 0.305 e. The van der Waals surface area contributed by atoms with Gasteiger partial charge in [-0.1, -0.05) is 30.4 Å². The van der Waals surface area contributed by atoms with E-state index in [9.17, 15) is 13.8 Å². The fourth-order valence-corrected chi connectivity index (χ4v) is 5.11. The number of carbonyl (C=O) groups is 2. The molecule has 0 radical (unpaired) electrons. The second kappa shape index (κ2) is 3.95. The Morgan fingerprint density at radius 3 is 2.77 bits per heavy atom. The molecule has 0 spiro atoms. The Hall–Kier alpha value is -2.21. The van der Waals surface area contributed by atoms with Crippen LogP contribution in [0.2, 0.25) is 0 Å². The SMILES string of the molecule is O=C1[C@@H]2[C@@H]3C=C[C@@H](C3)N2C(=O)N1C1=CS(=O)c2ccccc21. The van der Waals surface area contributed by atoms with Crippen LogP contribution in [-0.4, -0.2) is 38.0 Å². The lowest BCUT2D eigenvalue weighted by atomic mass is 10.0. The highest BCUT2D eigenvalue weighted by molar-refractivity contribution is 7.88. The van der Waals surface area contributed by atoms with E-state index in [2.05, 4.69) is 0 Å². The largest absolute Gasteiger partial charge is 0.332 e. The molecular formula is C16H12N2O3S. The minimum Gasteiger partial charge on any atom is -0.305 e. The molecule has 0 saturated carbocycles. The van der Waals surface area contributed by atoms with Gasteiger partial charge in [-0.3, -0.25) is 4.79 Å². The van der Waals surface area contributed by atoms with Gasteiger partial charge in [-0.2, -0.15) is 0 Å². The fourth-order valence-electron chi connectivity index (χ4n) is 3.94. The quantitative estimate of drug-likeness (QED) is 0.586. The molecule has 6 heteroatoms. The van der Waals surface area contributed by atoms with E-state index >= 15 is 0 Å². The third-order valence-electron chi connectivity index (χ3n) is 4.88. The summed E-state index contributed by atoms with van der Waals surface area (Å²) >= 11 is 0. The minimum atomic E-state index is -1.30. The van der Waals surface area contributed by atoms with Crippen LogP contribution in [0.4, 0.5) is 4.79 Å². The van der Waals surface area contributed by atoms with Gasteiger partial charge in [-0.25, -0.2) is 13.9 Å². The van der Waals surface area contributed by atoms with Gasteiger partial charge in [0.2, 0.25) is 0 Å². The molecule has 1 aromatic rings. The van der Waals surface area contributed by atoms with Crippen LogP contribution < -0.4 is 0 Å². The van der Waals surface area contributed by atoms with Crippen LogP contribution in [0.3, 0.4) is 0 Å². The summed E-state index contributed by atoms with van der Waals surface area (Å²) in [5, 5.41) is 1.51. The van der Waals surface area contributed by atoms with E-state index < -0.39 is 10.8 Å². The van der Waals surface area contributed by atoms with Crippen molar-refractivity contribution in [1.29, 1.82) is 0 Å². The zero-order valence-electron chi connectivity index (χ0n) is 11.5. The third kappa shape index (κ3) is 1.31. The number of benzene rings is 1. The second-order valence-electron chi connectivity index (χ2n) is 5.96. The van der Waals surface area contributed by atoms with Gasteiger partial charge in [-0.15, -0.1) is 0 Å². The highest BCUT2D eigenvalue weighted by Gasteiger charge is 2.58. The van der Waals surface area contributed by atoms with Crippen molar-refractivity contribution in [1.82, 2.24) is 9.80 Å². The maximum absolute atomic E-state index is 12.8. The van der Waals surface area contributed by atoms with Crippen molar-refractivity contribution in [3.05, 3.63) is 47.4 Å². The number of hydrogen-bond acceptors (Lipinski definition) is 3. The average molecular weight is 312 g/mol. The first kappa shape index (κ1) is 12.3. The number of hydrogen-bond donors (Lipinski definition) is 0. The summed E-state index contributed by atoms with van der Waals surface area (Å²) in [6.07, 6.45) is 4.89. The molecular weight excluding hydrogens is 300 g/mol. The van der Waals surface area contributed by atoms with Crippen molar-refractivity contribution in [2.75, 3.05) is 0 Å². The van der Waals surface area contributed by atoms with Crippen LogP contribution in [0.5, 0.6) is 0 Å². The van der Waals surface area contributed by atoms with E-state index in [1.165, 1.54) is 10.3 Å². The second-order valence-corrected chi connectivity index (χ2v) is 7.23. The standard InChI is InChI=1S/C16H12N2O3S/c19-15-14-9-5-6-10(7-9)17(14)16(20)18(15)12-8-22(21)13-4-2-1-3-11(12)13/h1-6,8-10,14H,7H2/t9-,10+,14+,22?/m1/s1. The zero-order chi connectivity index (χ0) is 15.0. The van der Waals surface area contributed by atoms with E-state index in [0.717, 1.165) is 6.42 Å². The van der Waals surface area contributed by atoms with E-state index in [1.807, 2.05) is 30.4 Å². The molecule has 5 rings (SSSR count). The molecule has 3 heterocycles. The molecule has 1 unspecified atom stereocenters. The number of rotatable bonds is 1. The van der Waals surface area contributed by atoms with Crippen LogP contribution in [0.25, 0.3) is 5.70 Å². The van der Waals surface area contributed by atoms with Crippen molar-refractivity contribution in [2.45, 2.75) is 23.4 Å². The monoisotopic (exact) mass is 312 g/mol. The number of fused-ring (bicyclic) bond motifs is 6. The van der Waals surface area contributed by atoms with Crippen molar-refractivity contribution in [2.24, 2.45) is 5.92 Å². The number of nitrogens with zero attached hydrogens (tertiary/aromatic N) is 2. The molecule has 2 fully saturated rings. The van der Waals surface area contributed by atoms with Gasteiger partial charge in [0, 0.05) is 16.9 Å². The molecule has 4 aliphatic rings. The number of urea groups is 1. The summed E-state index contributed by atoms with van der Waals surface area (Å²) in [5.74, 6) is -0.0732. The number of carbonyl (C=O) groups excluding carboxylic acids is 2. The topological polar surface area (TPSA) is 57.7 Å². The van der Waals surface area contributed by atoms with Crippen molar-refractivity contribution in [3.63, 3.8) is 0 Å². The molecule has 1 aromatic carbocycles. The van der Waals surface area contributed by atoms with Crippen molar-refractivity contribution < 1.29 is 13.8 Å². The molecule has 22 heavy (non-hydrogen) atoms. The number of imide groups is 1. The van der Waals surface area contributed by atoms with E-state index in [0.29, 0.717) is 16.2 Å². The molecule has 3 amide bonds. The van der Waals surface area contributed by atoms with Crippen LogP contribution in [0.1, 0.15) is 12.0 Å². The van der Waals surface area contributed by atoms with Gasteiger partial charge in [0.05, 0.1) is 27.4 Å². The predicted octanol–water partition coefficient (Wildman–Crippen LogP) is 1.70. The molecule has 0 N–H and O–H groups in total. The van der Waals surface area contributed by atoms with Crippen molar-refractivity contribution >= 4 is 28.4 Å². The molecule has 2 bridgehead atoms. The maximum Gasteiger partial charge on any atom is 0.332 e. The highest BCUT2D eigenvalue weighted by atomic mass is 32.2. The van der Waals surface area contributed by atoms with Crippen LogP contribution in [0.15, 0.2) is 46.7 Å². The molecule has 110 valence electrons. The summed E-state index contributed by atoms with van der Waals surface area (Å²) in [4.78, 5) is 29.1. The summed E-state index contributed by atoms with van der Waals surface area (Å²) in [5.41, 5.74) is 1.18. The lowest BCUT2D eigenvalue weighted by molar-refractivity contribution is -0.126. The predicted molar refractivity (Wildman–Crippen MR) is 79.7 cm³/mol. The van der Waals surface area contributed by atoms with Gasteiger partial charge in [0.25, 0.3) is 5.91 Å². The summed E-state index contributed by atoms with van der Waals surface area (Å²) < 4.78 is 12.2. The third-order valence-corrected chi connectivity index (χ3v) is 6.11. The molecule has 4 atom stereocenters. The highest BCUT2D eigenvalue weighted by Crippen LogP contribution is 2.45. The number of amides is 3. The van der Waals surface area contributed by atoms with Gasteiger partial charge in [-0.05, 0) is 12.5 Å². The normalized spacial score (nSPS) is 34.5. The summed E-state index contributed by atoms with van der Waals surface area (Å²) in [6, 6.07) is 6.57. The molecule has 2 saturated heterocycles. The molecule has 0 aromatic heterocycles. The van der Waals surface area contributed by atoms with Gasteiger partial charge >= 0.3 is 6.03 Å². The Morgan fingerprint density at radius 1 is 1.14 bits per heavy atom. The first-order valence-corrected chi connectivity index (χ1v) is 8.44. The van der Waals surface area contributed by atoms with E-state index in [1.54, 1.807) is 11.0 Å². The Morgan fingerprint density at radius 2 is 1.95 bits per heavy atom. The van der Waals surface area contributed by atoms with Crippen molar-refractivity contribution in [3.8, 4) is 0 Å². The lowest BCUT2D eigenvalue weighted by Crippen LogP contribution is -2.38. The Balaban J connectivity index is 1.61.